The van der Waals surface area contributed by atoms with Gasteiger partial charge in [0.05, 0.1) is 18.8 Å². The minimum absolute atomic E-state index is 0.00866. The highest BCUT2D eigenvalue weighted by Gasteiger charge is 2.32. The van der Waals surface area contributed by atoms with Gasteiger partial charge in [0.15, 0.2) is 10.6 Å². The third-order valence-corrected chi connectivity index (χ3v) is 7.40. The Labute approximate surface area is 207 Å². The molecule has 0 bridgehead atoms. The highest BCUT2D eigenvalue weighted by molar-refractivity contribution is 8.01. The van der Waals surface area contributed by atoms with E-state index < -0.39 is 6.29 Å². The second-order valence-electron chi connectivity index (χ2n) is 7.85. The van der Waals surface area contributed by atoms with Gasteiger partial charge in [-0.05, 0) is 37.1 Å². The van der Waals surface area contributed by atoms with Crippen molar-refractivity contribution in [3.05, 3.63) is 70.2 Å². The summed E-state index contributed by atoms with van der Waals surface area (Å²) in [7, 11) is 0. The van der Waals surface area contributed by atoms with Crippen molar-refractivity contribution in [1.82, 2.24) is 15.5 Å². The molecule has 2 amide bonds. The predicted octanol–water partition coefficient (Wildman–Crippen LogP) is 4.82. The Balaban J connectivity index is 1.49. The van der Waals surface area contributed by atoms with Gasteiger partial charge in [-0.2, -0.15) is 0 Å². The number of amides is 2. The fourth-order valence-corrected chi connectivity index (χ4v) is 5.44. The summed E-state index contributed by atoms with van der Waals surface area (Å²) in [5, 5.41) is 24.1. The zero-order chi connectivity index (χ0) is 23.9. The van der Waals surface area contributed by atoms with Crippen LogP contribution in [0.1, 0.15) is 47.4 Å². The van der Waals surface area contributed by atoms with Gasteiger partial charge in [0.2, 0.25) is 0 Å². The Hall–Kier alpha value is -2.50. The van der Waals surface area contributed by atoms with Crippen molar-refractivity contribution in [1.29, 1.82) is 0 Å². The first kappa shape index (κ1) is 24.6. The van der Waals surface area contributed by atoms with Gasteiger partial charge in [0.25, 0.3) is 0 Å². The van der Waals surface area contributed by atoms with Crippen molar-refractivity contribution in [3.8, 4) is 0 Å². The van der Waals surface area contributed by atoms with Crippen molar-refractivity contribution in [2.75, 3.05) is 17.6 Å². The molecule has 34 heavy (non-hydrogen) atoms. The van der Waals surface area contributed by atoms with Gasteiger partial charge >= 0.3 is 6.03 Å². The lowest BCUT2D eigenvalue weighted by molar-refractivity contribution is -0.245. The van der Waals surface area contributed by atoms with Crippen LogP contribution >= 0.6 is 23.1 Å². The number of benzene rings is 2. The van der Waals surface area contributed by atoms with Crippen LogP contribution in [0, 0.1) is 6.92 Å². The second-order valence-corrected chi connectivity index (χ2v) is 10.3. The van der Waals surface area contributed by atoms with E-state index >= 15 is 0 Å². The van der Waals surface area contributed by atoms with Crippen LogP contribution in [-0.4, -0.2) is 39.7 Å². The van der Waals surface area contributed by atoms with Crippen molar-refractivity contribution in [2.24, 2.45) is 0 Å². The number of nitrogens with zero attached hydrogens (tertiary/aromatic N) is 2. The summed E-state index contributed by atoms with van der Waals surface area (Å²) in [6.45, 7) is 4.38. The molecule has 0 saturated carbocycles. The number of carbonyl (C=O) groups excluding carboxylic acids is 1. The summed E-state index contributed by atoms with van der Waals surface area (Å²) in [6, 6.07) is 15.1. The molecule has 1 aliphatic heterocycles. The number of anilines is 1. The summed E-state index contributed by atoms with van der Waals surface area (Å²) in [5.41, 5.74) is 3.48. The zero-order valence-corrected chi connectivity index (χ0v) is 20.7. The molecule has 2 heterocycles. The summed E-state index contributed by atoms with van der Waals surface area (Å²) in [5.74, 6) is 0.733. The highest BCUT2D eigenvalue weighted by Crippen LogP contribution is 2.39. The number of thioether (sulfide) groups is 1. The molecule has 3 atom stereocenters. The van der Waals surface area contributed by atoms with Gasteiger partial charge in [-0.3, -0.25) is 0 Å². The Morgan fingerprint density at radius 1 is 1.12 bits per heavy atom. The summed E-state index contributed by atoms with van der Waals surface area (Å²) in [6.07, 6.45) is -0.0436. The third-order valence-electron chi connectivity index (χ3n) is 5.29. The normalized spacial score (nSPS) is 20.1. The van der Waals surface area contributed by atoms with Crippen LogP contribution in [0.2, 0.25) is 0 Å². The number of aromatic nitrogens is 2. The first-order chi connectivity index (χ1) is 16.5. The summed E-state index contributed by atoms with van der Waals surface area (Å²) in [4.78, 5) is 11.8. The smallest absolute Gasteiger partial charge is 0.319 e. The summed E-state index contributed by atoms with van der Waals surface area (Å²) >= 11 is 3.21. The number of aryl methyl sites for hydroxylation is 1. The number of nitrogens with one attached hydrogen (secondary N) is 2. The fourth-order valence-electron chi connectivity index (χ4n) is 3.58. The molecule has 10 heteroatoms. The maximum absolute atomic E-state index is 11.8. The maximum atomic E-state index is 11.8. The Morgan fingerprint density at radius 2 is 1.85 bits per heavy atom. The molecular formula is C24H28N4O4S2. The molecule has 1 saturated heterocycles. The molecule has 0 radical (unpaired) electrons. The number of aliphatic hydroxyl groups excluding tert-OH is 1. The largest absolute Gasteiger partial charge is 0.392 e. The van der Waals surface area contributed by atoms with Crippen LogP contribution < -0.4 is 10.6 Å². The first-order valence-corrected chi connectivity index (χ1v) is 12.9. The molecule has 8 nitrogen and oxygen atoms in total. The SMILES string of the molecule is CCNC(=O)Nc1ccc(C2OC(CSc3nnc(C)s3)CC(c3ccc(CO)cc3)O2)cc1. The van der Waals surface area contributed by atoms with E-state index in [2.05, 4.69) is 20.8 Å². The Kier molecular flexibility index (Phi) is 8.52. The van der Waals surface area contributed by atoms with Crippen molar-refractivity contribution in [2.45, 2.75) is 49.7 Å². The zero-order valence-electron chi connectivity index (χ0n) is 19.1. The fraction of sp³-hybridized carbons (Fsp3) is 0.375. The summed E-state index contributed by atoms with van der Waals surface area (Å²) < 4.78 is 13.6. The lowest BCUT2D eigenvalue weighted by atomic mass is 10.0. The van der Waals surface area contributed by atoms with Crippen molar-refractivity contribution >= 4 is 34.8 Å². The van der Waals surface area contributed by atoms with Crippen LogP contribution in [0.15, 0.2) is 52.9 Å². The average molecular weight is 501 g/mol. The molecule has 1 aromatic heterocycles. The highest BCUT2D eigenvalue weighted by atomic mass is 32.2. The van der Waals surface area contributed by atoms with Gasteiger partial charge in [0.1, 0.15) is 5.01 Å². The van der Waals surface area contributed by atoms with Gasteiger partial charge in [-0.15, -0.1) is 10.2 Å². The van der Waals surface area contributed by atoms with Crippen molar-refractivity contribution in [3.63, 3.8) is 0 Å². The van der Waals surface area contributed by atoms with Crippen LogP contribution in [0.4, 0.5) is 10.5 Å². The van der Waals surface area contributed by atoms with Gasteiger partial charge in [0, 0.05) is 30.0 Å². The quantitative estimate of drug-likeness (QED) is 0.381. The van der Waals surface area contributed by atoms with Crippen LogP contribution in [0.25, 0.3) is 0 Å². The molecule has 0 aliphatic carbocycles. The second kappa shape index (κ2) is 11.8. The van der Waals surface area contributed by atoms with E-state index in [9.17, 15) is 9.90 Å². The molecule has 3 N–H and O–H groups in total. The predicted molar refractivity (Wildman–Crippen MR) is 133 cm³/mol. The standard InChI is InChI=1S/C24H28N4O4S2/c1-3-25-23(30)26-19-10-8-18(9-11-19)22-31-20(14-33-24-28-27-15(2)34-24)12-21(32-22)17-6-4-16(13-29)5-7-17/h4-11,20-22,29H,3,12-14H2,1-2H3,(H2,25,26,30). The van der Waals surface area contributed by atoms with Crippen LogP contribution in [0.5, 0.6) is 0 Å². The number of rotatable bonds is 8. The molecule has 2 aromatic carbocycles. The van der Waals surface area contributed by atoms with Crippen LogP contribution in [-0.2, 0) is 16.1 Å². The van der Waals surface area contributed by atoms with Crippen molar-refractivity contribution < 1.29 is 19.4 Å². The van der Waals surface area contributed by atoms with E-state index in [1.54, 1.807) is 23.1 Å². The first-order valence-electron chi connectivity index (χ1n) is 11.1. The van der Waals surface area contributed by atoms with E-state index in [4.69, 9.17) is 9.47 Å². The molecule has 180 valence electrons. The average Bonchev–Trinajstić information content (AvgIpc) is 3.28. The minimum Gasteiger partial charge on any atom is -0.392 e. The van der Waals surface area contributed by atoms with Gasteiger partial charge < -0.3 is 25.2 Å². The molecule has 1 aliphatic rings. The lowest BCUT2D eigenvalue weighted by Gasteiger charge is -2.36. The maximum Gasteiger partial charge on any atom is 0.319 e. The number of aliphatic hydroxyl groups is 1. The van der Waals surface area contributed by atoms with E-state index in [0.29, 0.717) is 18.7 Å². The molecule has 0 spiro atoms. The van der Waals surface area contributed by atoms with Gasteiger partial charge in [-0.25, -0.2) is 4.79 Å². The van der Waals surface area contributed by atoms with E-state index in [1.807, 2.05) is 62.4 Å². The van der Waals surface area contributed by atoms with Crippen LogP contribution in [0.3, 0.4) is 0 Å². The monoisotopic (exact) mass is 500 g/mol. The number of carbonyl (C=O) groups is 1. The molecule has 1 fully saturated rings. The van der Waals surface area contributed by atoms with Gasteiger partial charge in [-0.1, -0.05) is 59.5 Å². The molecular weight excluding hydrogens is 472 g/mol. The topological polar surface area (TPSA) is 106 Å². The third kappa shape index (κ3) is 6.55. The van der Waals surface area contributed by atoms with E-state index in [0.717, 1.165) is 31.8 Å². The molecule has 4 rings (SSSR count). The molecule has 3 aromatic rings. The number of hydrogen-bond acceptors (Lipinski definition) is 8. The number of ether oxygens (including phenoxy) is 2. The number of urea groups is 1. The van der Waals surface area contributed by atoms with E-state index in [1.165, 1.54) is 0 Å². The van der Waals surface area contributed by atoms with E-state index in [-0.39, 0.29) is 24.8 Å². The Bertz CT molecular complexity index is 1080. The molecule has 3 unspecified atom stereocenters. The number of hydrogen-bond donors (Lipinski definition) is 3. The minimum atomic E-state index is -0.545. The Morgan fingerprint density at radius 3 is 2.50 bits per heavy atom. The lowest BCUT2D eigenvalue weighted by Crippen LogP contribution is -2.31.